The third-order valence-corrected chi connectivity index (χ3v) is 2.76. The zero-order valence-electron chi connectivity index (χ0n) is 7.83. The van der Waals surface area contributed by atoms with E-state index in [0.29, 0.717) is 0 Å². The fourth-order valence-corrected chi connectivity index (χ4v) is 1.51. The summed E-state index contributed by atoms with van der Waals surface area (Å²) >= 11 is 13.4. The second-order valence-corrected chi connectivity index (χ2v) is 4.85. The van der Waals surface area contributed by atoms with Crippen molar-refractivity contribution in [1.29, 1.82) is 0 Å². The SMILES string of the molecule is Clc1ccc(Cl)cc1.Ic1ccccc1. The zero-order chi connectivity index (χ0) is 11.1. The molecule has 0 nitrogen and oxygen atoms in total. The Hall–Kier alpha value is -0.250. The molecule has 0 aliphatic carbocycles. The molecule has 0 bridgehead atoms. The van der Waals surface area contributed by atoms with Crippen LogP contribution in [0.5, 0.6) is 0 Å². The molecule has 0 N–H and O–H groups in total. The van der Waals surface area contributed by atoms with E-state index in [2.05, 4.69) is 34.7 Å². The highest BCUT2D eigenvalue weighted by Crippen LogP contribution is 2.12. The summed E-state index contributed by atoms with van der Waals surface area (Å²) in [6.07, 6.45) is 0. The van der Waals surface area contributed by atoms with Crippen LogP contribution in [0.2, 0.25) is 10.0 Å². The Kier molecular flexibility index (Phi) is 6.06. The molecule has 0 amide bonds. The fourth-order valence-electron chi connectivity index (χ4n) is 0.844. The maximum atomic E-state index is 5.55. The number of rotatable bonds is 0. The van der Waals surface area contributed by atoms with Crippen LogP contribution in [0.25, 0.3) is 0 Å². The summed E-state index contributed by atoms with van der Waals surface area (Å²) in [6, 6.07) is 17.2. The quantitative estimate of drug-likeness (QED) is 0.567. The van der Waals surface area contributed by atoms with E-state index < -0.39 is 0 Å². The van der Waals surface area contributed by atoms with Gasteiger partial charge in [0, 0.05) is 13.6 Å². The van der Waals surface area contributed by atoms with Crippen LogP contribution in [0.4, 0.5) is 0 Å². The van der Waals surface area contributed by atoms with Crippen molar-refractivity contribution in [3.63, 3.8) is 0 Å². The Morgan fingerprint density at radius 2 is 1.07 bits per heavy atom. The summed E-state index contributed by atoms with van der Waals surface area (Å²) in [4.78, 5) is 0. The van der Waals surface area contributed by atoms with Gasteiger partial charge in [0.2, 0.25) is 0 Å². The predicted molar refractivity (Wildman–Crippen MR) is 75.6 cm³/mol. The topological polar surface area (TPSA) is 0 Å². The average Bonchev–Trinajstić information content (AvgIpc) is 2.25. The van der Waals surface area contributed by atoms with Crippen LogP contribution >= 0.6 is 45.8 Å². The first-order chi connectivity index (χ1) is 7.18. The smallest absolute Gasteiger partial charge is 0.0407 e. The Morgan fingerprint density at radius 1 is 0.667 bits per heavy atom. The van der Waals surface area contributed by atoms with Crippen LogP contribution in [-0.2, 0) is 0 Å². The number of hydrogen-bond acceptors (Lipinski definition) is 0. The number of hydrogen-bond donors (Lipinski definition) is 0. The molecule has 0 aliphatic rings. The molecule has 2 aromatic rings. The first-order valence-electron chi connectivity index (χ1n) is 4.30. The minimum absolute atomic E-state index is 0.717. The maximum Gasteiger partial charge on any atom is 0.0407 e. The highest BCUT2D eigenvalue weighted by Gasteiger charge is 1.83. The molecule has 0 radical (unpaired) electrons. The normalized spacial score (nSPS) is 9.00. The highest BCUT2D eigenvalue weighted by molar-refractivity contribution is 14.1. The van der Waals surface area contributed by atoms with Crippen LogP contribution in [0.1, 0.15) is 0 Å². The number of halogens is 3. The van der Waals surface area contributed by atoms with Gasteiger partial charge in [-0.25, -0.2) is 0 Å². The Bertz CT molecular complexity index is 363. The molecule has 0 atom stereocenters. The molecule has 0 aliphatic heterocycles. The molecule has 0 fully saturated rings. The molecule has 0 saturated carbocycles. The van der Waals surface area contributed by atoms with Crippen molar-refractivity contribution in [3.8, 4) is 0 Å². The third kappa shape index (κ3) is 6.03. The van der Waals surface area contributed by atoms with Crippen molar-refractivity contribution in [2.24, 2.45) is 0 Å². The Labute approximate surface area is 113 Å². The van der Waals surface area contributed by atoms with E-state index in [1.54, 1.807) is 24.3 Å². The number of benzene rings is 2. The van der Waals surface area contributed by atoms with Crippen molar-refractivity contribution in [2.75, 3.05) is 0 Å². The first-order valence-corrected chi connectivity index (χ1v) is 6.13. The van der Waals surface area contributed by atoms with Gasteiger partial charge in [-0.3, -0.25) is 0 Å². The van der Waals surface area contributed by atoms with Crippen molar-refractivity contribution in [2.45, 2.75) is 0 Å². The van der Waals surface area contributed by atoms with Crippen LogP contribution in [-0.4, -0.2) is 0 Å². The van der Waals surface area contributed by atoms with Crippen molar-refractivity contribution < 1.29 is 0 Å². The van der Waals surface area contributed by atoms with Gasteiger partial charge in [-0.05, 0) is 59.0 Å². The molecular weight excluding hydrogens is 342 g/mol. The van der Waals surface area contributed by atoms with Crippen molar-refractivity contribution >= 4 is 45.8 Å². The largest absolute Gasteiger partial charge is 0.0843 e. The molecule has 0 heterocycles. The highest BCUT2D eigenvalue weighted by atomic mass is 127. The molecule has 2 aromatic carbocycles. The lowest BCUT2D eigenvalue weighted by atomic mass is 10.4. The van der Waals surface area contributed by atoms with Crippen LogP contribution < -0.4 is 0 Å². The minimum Gasteiger partial charge on any atom is -0.0843 e. The van der Waals surface area contributed by atoms with Gasteiger partial charge in [-0.15, -0.1) is 0 Å². The van der Waals surface area contributed by atoms with Crippen LogP contribution in [0.15, 0.2) is 54.6 Å². The van der Waals surface area contributed by atoms with Crippen LogP contribution in [0, 0.1) is 3.57 Å². The third-order valence-electron chi connectivity index (χ3n) is 1.54. The lowest BCUT2D eigenvalue weighted by Crippen LogP contribution is -1.61. The molecule has 15 heavy (non-hydrogen) atoms. The predicted octanol–water partition coefficient (Wildman–Crippen LogP) is 5.28. The summed E-state index contributed by atoms with van der Waals surface area (Å²) in [7, 11) is 0. The monoisotopic (exact) mass is 350 g/mol. The molecule has 0 spiro atoms. The molecule has 2 rings (SSSR count). The van der Waals surface area contributed by atoms with Gasteiger partial charge < -0.3 is 0 Å². The van der Waals surface area contributed by atoms with E-state index in [0.717, 1.165) is 10.0 Å². The summed E-state index contributed by atoms with van der Waals surface area (Å²) in [5.41, 5.74) is 0. The zero-order valence-corrected chi connectivity index (χ0v) is 11.5. The summed E-state index contributed by atoms with van der Waals surface area (Å²) in [5.74, 6) is 0. The minimum atomic E-state index is 0.717. The molecule has 0 aromatic heterocycles. The second kappa shape index (κ2) is 7.09. The molecule has 3 heteroatoms. The van der Waals surface area contributed by atoms with Crippen molar-refractivity contribution in [3.05, 3.63) is 68.2 Å². The van der Waals surface area contributed by atoms with Gasteiger partial charge in [0.1, 0.15) is 0 Å². The lowest BCUT2D eigenvalue weighted by Gasteiger charge is -1.86. The summed E-state index contributed by atoms with van der Waals surface area (Å²) < 4.78 is 1.29. The first kappa shape index (κ1) is 12.8. The summed E-state index contributed by atoms with van der Waals surface area (Å²) in [6.45, 7) is 0. The van der Waals surface area contributed by atoms with Crippen molar-refractivity contribution in [1.82, 2.24) is 0 Å². The Morgan fingerprint density at radius 3 is 1.33 bits per heavy atom. The lowest BCUT2D eigenvalue weighted by molar-refractivity contribution is 1.65. The summed E-state index contributed by atoms with van der Waals surface area (Å²) in [5, 5.41) is 1.43. The van der Waals surface area contributed by atoms with E-state index in [1.807, 2.05) is 18.2 Å². The van der Waals surface area contributed by atoms with Gasteiger partial charge in [0.15, 0.2) is 0 Å². The molecule has 0 saturated heterocycles. The van der Waals surface area contributed by atoms with E-state index in [4.69, 9.17) is 23.2 Å². The maximum absolute atomic E-state index is 5.55. The van der Waals surface area contributed by atoms with Gasteiger partial charge in [0.25, 0.3) is 0 Å². The second-order valence-electron chi connectivity index (χ2n) is 2.73. The van der Waals surface area contributed by atoms with Gasteiger partial charge in [0.05, 0.1) is 0 Å². The standard InChI is InChI=1S/C6H4Cl2.C6H5I/c7-5-1-2-6(8)4-3-5;7-6-4-2-1-3-5-6/h1-4H;1-5H. The molecule has 0 unspecified atom stereocenters. The average molecular weight is 351 g/mol. The van der Waals surface area contributed by atoms with Gasteiger partial charge in [-0.1, -0.05) is 41.4 Å². The fraction of sp³-hybridized carbons (Fsp3) is 0. The van der Waals surface area contributed by atoms with Gasteiger partial charge in [-0.2, -0.15) is 0 Å². The Balaban J connectivity index is 0.000000151. The van der Waals surface area contributed by atoms with E-state index in [1.165, 1.54) is 3.57 Å². The van der Waals surface area contributed by atoms with E-state index in [9.17, 15) is 0 Å². The van der Waals surface area contributed by atoms with E-state index >= 15 is 0 Å². The van der Waals surface area contributed by atoms with Gasteiger partial charge >= 0.3 is 0 Å². The molecule has 78 valence electrons. The molecular formula is C12H9Cl2I. The van der Waals surface area contributed by atoms with Crippen LogP contribution in [0.3, 0.4) is 0 Å². The van der Waals surface area contributed by atoms with E-state index in [-0.39, 0.29) is 0 Å².